The number of benzene rings is 3. The molecule has 1 aliphatic rings. The van der Waals surface area contributed by atoms with E-state index in [2.05, 4.69) is 15.6 Å². The minimum atomic E-state index is -0.772. The second-order valence-corrected chi connectivity index (χ2v) is 11.9. The Morgan fingerprint density at radius 3 is 2.34 bits per heavy atom. The van der Waals surface area contributed by atoms with Gasteiger partial charge in [0.15, 0.2) is 0 Å². The number of carbonyl (C=O) groups excluding carboxylic acids is 2. The van der Waals surface area contributed by atoms with Gasteiger partial charge >= 0.3 is 5.97 Å². The van der Waals surface area contributed by atoms with Gasteiger partial charge in [-0.25, -0.2) is 14.4 Å². The molecule has 47 heavy (non-hydrogen) atoms. The van der Waals surface area contributed by atoms with Gasteiger partial charge in [0.2, 0.25) is 5.95 Å². The van der Waals surface area contributed by atoms with Crippen LogP contribution in [-0.4, -0.2) is 43.7 Å². The summed E-state index contributed by atoms with van der Waals surface area (Å²) in [6.07, 6.45) is 1.06. The number of hydrogen-bond acceptors (Lipinski definition) is 7. The quantitative estimate of drug-likeness (QED) is 0.138. The third-order valence-electron chi connectivity index (χ3n) is 8.08. The summed E-state index contributed by atoms with van der Waals surface area (Å²) in [7, 11) is 0. The van der Waals surface area contributed by atoms with Gasteiger partial charge in [-0.3, -0.25) is 9.59 Å². The normalized spacial score (nSPS) is 16.1. The van der Waals surface area contributed by atoms with E-state index in [1.807, 2.05) is 79.1 Å². The van der Waals surface area contributed by atoms with Crippen LogP contribution in [-0.2, 0) is 16.1 Å². The number of ether oxygens (including phenoxy) is 1. The molecule has 1 saturated heterocycles. The van der Waals surface area contributed by atoms with Crippen molar-refractivity contribution in [3.05, 3.63) is 114 Å². The standard InChI is InChI=1S/C37H36FN5O4/c1-23(2)34-33(36(46)40-26-9-5-3-6-10-26)32(30-17-19-39-37(42-30)41-27-11-7-4-8-12-27)35(24-13-15-25(38)16-14-24)43(34)20-18-29-21-28(44)22-31(45)47-29/h3-17,19,23,28-29,44H,18,20-22H2,1-2H3,(H,40,46)(H,39,41,42). The summed E-state index contributed by atoms with van der Waals surface area (Å²) in [4.78, 5) is 35.9. The second kappa shape index (κ2) is 14.0. The minimum Gasteiger partial charge on any atom is -0.462 e. The number of hydrogen-bond donors (Lipinski definition) is 3. The zero-order valence-electron chi connectivity index (χ0n) is 26.2. The van der Waals surface area contributed by atoms with E-state index in [0.717, 1.165) is 11.4 Å². The van der Waals surface area contributed by atoms with Crippen molar-refractivity contribution in [3.63, 3.8) is 0 Å². The Morgan fingerprint density at radius 2 is 1.68 bits per heavy atom. The number of aliphatic hydroxyl groups excluding tert-OH is 1. The average molecular weight is 634 g/mol. The van der Waals surface area contributed by atoms with Crippen LogP contribution >= 0.6 is 0 Å². The first kappa shape index (κ1) is 31.6. The lowest BCUT2D eigenvalue weighted by molar-refractivity contribution is -0.160. The largest absolute Gasteiger partial charge is 0.462 e. The van der Waals surface area contributed by atoms with Crippen LogP contribution in [0.5, 0.6) is 0 Å². The summed E-state index contributed by atoms with van der Waals surface area (Å²) < 4.78 is 21.9. The van der Waals surface area contributed by atoms with Crippen molar-refractivity contribution < 1.29 is 23.8 Å². The van der Waals surface area contributed by atoms with E-state index in [1.165, 1.54) is 12.1 Å². The lowest BCUT2D eigenvalue weighted by Crippen LogP contribution is -2.33. The molecule has 0 saturated carbocycles. The van der Waals surface area contributed by atoms with Gasteiger partial charge in [0.1, 0.15) is 11.9 Å². The zero-order valence-corrected chi connectivity index (χ0v) is 26.2. The Bertz CT molecular complexity index is 1860. The van der Waals surface area contributed by atoms with Crippen LogP contribution in [0, 0.1) is 5.82 Å². The summed E-state index contributed by atoms with van der Waals surface area (Å²) in [5.74, 6) is -0.947. The lowest BCUT2D eigenvalue weighted by Gasteiger charge is -2.27. The fraction of sp³-hybridized carbons (Fsp3) is 0.243. The van der Waals surface area contributed by atoms with E-state index in [1.54, 1.807) is 24.4 Å². The number of rotatable bonds is 10. The molecule has 2 aromatic heterocycles. The predicted molar refractivity (Wildman–Crippen MR) is 179 cm³/mol. The highest BCUT2D eigenvalue weighted by molar-refractivity contribution is 6.12. The van der Waals surface area contributed by atoms with Crippen LogP contribution in [0.1, 0.15) is 55.1 Å². The fourth-order valence-corrected chi connectivity index (χ4v) is 6.09. The molecule has 2 unspecified atom stereocenters. The number of carbonyl (C=O) groups is 2. The van der Waals surface area contributed by atoms with E-state index in [-0.39, 0.29) is 24.1 Å². The number of halogens is 1. The molecule has 0 aliphatic carbocycles. The number of nitrogens with one attached hydrogen (secondary N) is 2. The van der Waals surface area contributed by atoms with Gasteiger partial charge in [-0.1, -0.05) is 50.2 Å². The summed E-state index contributed by atoms with van der Waals surface area (Å²) in [6, 6.07) is 26.6. The predicted octanol–water partition coefficient (Wildman–Crippen LogP) is 7.33. The van der Waals surface area contributed by atoms with E-state index in [0.29, 0.717) is 59.1 Å². The smallest absolute Gasteiger partial charge is 0.308 e. The maximum Gasteiger partial charge on any atom is 0.308 e. The topological polar surface area (TPSA) is 118 Å². The first-order chi connectivity index (χ1) is 22.8. The molecule has 2 atom stereocenters. The Balaban J connectivity index is 1.55. The Morgan fingerprint density at radius 1 is 1.00 bits per heavy atom. The first-order valence-electron chi connectivity index (χ1n) is 15.7. The Kier molecular flexibility index (Phi) is 9.40. The Labute approximate surface area is 272 Å². The number of esters is 1. The average Bonchev–Trinajstić information content (AvgIpc) is 3.40. The maximum absolute atomic E-state index is 14.4. The van der Waals surface area contributed by atoms with Crippen LogP contribution < -0.4 is 10.6 Å². The van der Waals surface area contributed by atoms with Gasteiger partial charge in [-0.2, -0.15) is 0 Å². The summed E-state index contributed by atoms with van der Waals surface area (Å²) in [6.45, 7) is 4.38. The highest BCUT2D eigenvalue weighted by atomic mass is 19.1. The van der Waals surface area contributed by atoms with E-state index in [9.17, 15) is 19.1 Å². The lowest BCUT2D eigenvalue weighted by atomic mass is 9.97. The van der Waals surface area contributed by atoms with Crippen LogP contribution in [0.15, 0.2) is 97.2 Å². The molecule has 5 aromatic rings. The highest BCUT2D eigenvalue weighted by Gasteiger charge is 2.33. The van der Waals surface area contributed by atoms with Crippen molar-refractivity contribution in [2.24, 2.45) is 0 Å². The first-order valence-corrected chi connectivity index (χ1v) is 15.7. The maximum atomic E-state index is 14.4. The molecule has 1 amide bonds. The molecule has 0 radical (unpaired) electrons. The molecule has 0 bridgehead atoms. The zero-order chi connectivity index (χ0) is 32.9. The third-order valence-corrected chi connectivity index (χ3v) is 8.08. The van der Waals surface area contributed by atoms with Crippen LogP contribution in [0.2, 0.25) is 0 Å². The minimum absolute atomic E-state index is 0.0287. The molecular formula is C37H36FN5O4. The van der Waals surface area contributed by atoms with E-state index < -0.39 is 18.2 Å². The number of aliphatic hydroxyl groups is 1. The fourth-order valence-electron chi connectivity index (χ4n) is 6.09. The van der Waals surface area contributed by atoms with Gasteiger partial charge in [0.25, 0.3) is 5.91 Å². The summed E-state index contributed by atoms with van der Waals surface area (Å²) in [5, 5.41) is 16.6. The molecular weight excluding hydrogens is 597 g/mol. The summed E-state index contributed by atoms with van der Waals surface area (Å²) >= 11 is 0. The monoisotopic (exact) mass is 633 g/mol. The van der Waals surface area contributed by atoms with Crippen molar-refractivity contribution in [2.45, 2.75) is 57.8 Å². The third kappa shape index (κ3) is 7.23. The molecule has 10 heteroatoms. The van der Waals surface area contributed by atoms with Crippen molar-refractivity contribution in [2.75, 3.05) is 10.6 Å². The number of cyclic esters (lactones) is 1. The number of aromatic nitrogens is 3. The molecule has 3 heterocycles. The Hall–Kier alpha value is -5.35. The molecule has 1 aliphatic heterocycles. The van der Waals surface area contributed by atoms with Gasteiger partial charge in [-0.15, -0.1) is 0 Å². The van der Waals surface area contributed by atoms with Crippen molar-refractivity contribution in [1.29, 1.82) is 0 Å². The molecule has 9 nitrogen and oxygen atoms in total. The number of anilines is 3. The molecule has 3 aromatic carbocycles. The molecule has 6 rings (SSSR count). The van der Waals surface area contributed by atoms with Gasteiger partial charge in [0, 0.05) is 48.2 Å². The van der Waals surface area contributed by atoms with Gasteiger partial charge in [0.05, 0.1) is 29.5 Å². The van der Waals surface area contributed by atoms with E-state index in [4.69, 9.17) is 9.72 Å². The second-order valence-electron chi connectivity index (χ2n) is 11.9. The van der Waals surface area contributed by atoms with Gasteiger partial charge < -0.3 is 25.0 Å². The van der Waals surface area contributed by atoms with Crippen molar-refractivity contribution in [3.8, 4) is 22.5 Å². The van der Waals surface area contributed by atoms with Crippen LogP contribution in [0.4, 0.5) is 21.7 Å². The summed E-state index contributed by atoms with van der Waals surface area (Å²) in [5.41, 5.74) is 5.00. The molecule has 240 valence electrons. The van der Waals surface area contributed by atoms with E-state index >= 15 is 0 Å². The number of para-hydroxylation sites is 2. The number of nitrogens with zero attached hydrogens (tertiary/aromatic N) is 3. The van der Waals surface area contributed by atoms with Crippen molar-refractivity contribution >= 4 is 29.2 Å². The highest BCUT2D eigenvalue weighted by Crippen LogP contribution is 2.42. The molecule has 3 N–H and O–H groups in total. The SMILES string of the molecule is CC(C)c1c(C(=O)Nc2ccccc2)c(-c2ccnc(Nc3ccccc3)n2)c(-c2ccc(F)cc2)n1CCC1CC(O)CC(=O)O1. The molecule has 0 spiro atoms. The van der Waals surface area contributed by atoms with Crippen LogP contribution in [0.3, 0.4) is 0 Å². The van der Waals surface area contributed by atoms with Gasteiger partial charge in [-0.05, 0) is 66.1 Å². The van der Waals surface area contributed by atoms with Crippen molar-refractivity contribution in [1.82, 2.24) is 14.5 Å². The van der Waals surface area contributed by atoms with Crippen LogP contribution in [0.25, 0.3) is 22.5 Å². The number of amides is 1. The molecule has 1 fully saturated rings.